The van der Waals surface area contributed by atoms with Gasteiger partial charge in [0.1, 0.15) is 0 Å². The van der Waals surface area contributed by atoms with Crippen LogP contribution in [0.1, 0.15) is 57.4 Å². The molecule has 19 heavy (non-hydrogen) atoms. The first-order valence-electron chi connectivity index (χ1n) is 7.49. The summed E-state index contributed by atoms with van der Waals surface area (Å²) in [5.74, 6) is 0. The third kappa shape index (κ3) is 6.29. The Kier molecular flexibility index (Phi) is 7.74. The molecule has 1 aromatic rings. The van der Waals surface area contributed by atoms with E-state index in [-0.39, 0.29) is 0 Å². The maximum atomic E-state index is 8.77. The van der Waals surface area contributed by atoms with Gasteiger partial charge in [0.05, 0.1) is 11.6 Å². The van der Waals surface area contributed by atoms with Crippen molar-refractivity contribution in [2.24, 2.45) is 0 Å². The number of rotatable bonds is 9. The summed E-state index contributed by atoms with van der Waals surface area (Å²) in [6, 6.07) is 9.98. The minimum absolute atomic E-state index is 0.730. The van der Waals surface area contributed by atoms with Crippen molar-refractivity contribution in [1.82, 2.24) is 0 Å². The summed E-state index contributed by atoms with van der Waals surface area (Å²) in [7, 11) is 2.12. The van der Waals surface area contributed by atoms with Gasteiger partial charge >= 0.3 is 0 Å². The van der Waals surface area contributed by atoms with Gasteiger partial charge < -0.3 is 4.90 Å². The maximum absolute atomic E-state index is 8.77. The Morgan fingerprint density at radius 2 is 1.53 bits per heavy atom. The van der Waals surface area contributed by atoms with Gasteiger partial charge in [0.15, 0.2) is 0 Å². The lowest BCUT2D eigenvalue weighted by Crippen LogP contribution is -2.18. The van der Waals surface area contributed by atoms with Gasteiger partial charge in [0.2, 0.25) is 0 Å². The molecule has 0 spiro atoms. The Morgan fingerprint density at radius 1 is 0.947 bits per heavy atom. The van der Waals surface area contributed by atoms with E-state index in [1.54, 1.807) is 0 Å². The molecule has 0 unspecified atom stereocenters. The highest BCUT2D eigenvalue weighted by Gasteiger charge is 2.00. The second kappa shape index (κ2) is 9.44. The molecule has 0 saturated heterocycles. The lowest BCUT2D eigenvalue weighted by atomic mass is 10.1. The zero-order valence-corrected chi connectivity index (χ0v) is 12.4. The average molecular weight is 258 g/mol. The van der Waals surface area contributed by atoms with Crippen LogP contribution in [-0.2, 0) is 0 Å². The fraction of sp³-hybridized carbons (Fsp3) is 0.588. The Hall–Kier alpha value is -1.49. The van der Waals surface area contributed by atoms with Crippen LogP contribution < -0.4 is 4.90 Å². The van der Waals surface area contributed by atoms with E-state index in [9.17, 15) is 0 Å². The van der Waals surface area contributed by atoms with Crippen LogP contribution in [-0.4, -0.2) is 13.6 Å². The molecule has 0 fully saturated rings. The first-order valence-corrected chi connectivity index (χ1v) is 7.49. The van der Waals surface area contributed by atoms with Gasteiger partial charge in [-0.25, -0.2) is 0 Å². The van der Waals surface area contributed by atoms with Crippen LogP contribution in [0.2, 0.25) is 0 Å². The number of unbranched alkanes of at least 4 members (excludes halogenated alkanes) is 6. The summed E-state index contributed by atoms with van der Waals surface area (Å²) in [4.78, 5) is 2.27. The van der Waals surface area contributed by atoms with Crippen LogP contribution in [0, 0.1) is 11.3 Å². The van der Waals surface area contributed by atoms with Gasteiger partial charge in [-0.3, -0.25) is 0 Å². The SMILES string of the molecule is CCCCCCCCCN(C)c1ccc(C#N)cc1. The Balaban J connectivity index is 2.16. The van der Waals surface area contributed by atoms with Gasteiger partial charge in [0, 0.05) is 19.3 Å². The number of benzene rings is 1. The summed E-state index contributed by atoms with van der Waals surface area (Å²) in [6.07, 6.45) is 9.41. The van der Waals surface area contributed by atoms with E-state index >= 15 is 0 Å². The van der Waals surface area contributed by atoms with E-state index in [1.807, 2.05) is 24.3 Å². The average Bonchev–Trinajstić information content (AvgIpc) is 2.46. The highest BCUT2D eigenvalue weighted by molar-refractivity contribution is 5.48. The van der Waals surface area contributed by atoms with E-state index in [0.717, 1.165) is 12.1 Å². The molecule has 0 aliphatic rings. The summed E-state index contributed by atoms with van der Waals surface area (Å²) in [6.45, 7) is 3.35. The zero-order valence-electron chi connectivity index (χ0n) is 12.4. The number of nitrogens with zero attached hydrogens (tertiary/aromatic N) is 2. The van der Waals surface area contributed by atoms with Crippen LogP contribution in [0.5, 0.6) is 0 Å². The van der Waals surface area contributed by atoms with Crippen molar-refractivity contribution in [1.29, 1.82) is 5.26 Å². The van der Waals surface area contributed by atoms with E-state index in [2.05, 4.69) is 24.9 Å². The third-order valence-corrected chi connectivity index (χ3v) is 3.53. The highest BCUT2D eigenvalue weighted by atomic mass is 15.1. The van der Waals surface area contributed by atoms with Gasteiger partial charge in [-0.05, 0) is 30.7 Å². The normalized spacial score (nSPS) is 10.2. The van der Waals surface area contributed by atoms with Crippen LogP contribution in [0.25, 0.3) is 0 Å². The molecule has 0 aromatic heterocycles. The van der Waals surface area contributed by atoms with E-state index in [0.29, 0.717) is 0 Å². The molecule has 0 heterocycles. The van der Waals surface area contributed by atoms with E-state index < -0.39 is 0 Å². The van der Waals surface area contributed by atoms with Crippen molar-refractivity contribution in [3.63, 3.8) is 0 Å². The number of hydrogen-bond acceptors (Lipinski definition) is 2. The van der Waals surface area contributed by atoms with Crippen LogP contribution in [0.4, 0.5) is 5.69 Å². The Labute approximate surface area is 118 Å². The maximum Gasteiger partial charge on any atom is 0.0991 e. The van der Waals surface area contributed by atoms with E-state index in [1.165, 1.54) is 50.6 Å². The van der Waals surface area contributed by atoms with Crippen molar-refractivity contribution in [3.8, 4) is 6.07 Å². The third-order valence-electron chi connectivity index (χ3n) is 3.53. The molecule has 0 N–H and O–H groups in total. The largest absolute Gasteiger partial charge is 0.375 e. The van der Waals surface area contributed by atoms with Crippen molar-refractivity contribution in [2.75, 3.05) is 18.5 Å². The van der Waals surface area contributed by atoms with Gasteiger partial charge in [-0.2, -0.15) is 5.26 Å². The molecule has 0 aliphatic carbocycles. The molecule has 0 amide bonds. The monoisotopic (exact) mass is 258 g/mol. The van der Waals surface area contributed by atoms with Gasteiger partial charge in [0.25, 0.3) is 0 Å². The number of anilines is 1. The summed E-state index contributed by atoms with van der Waals surface area (Å²) < 4.78 is 0. The first-order chi connectivity index (χ1) is 9.27. The highest BCUT2D eigenvalue weighted by Crippen LogP contribution is 2.15. The summed E-state index contributed by atoms with van der Waals surface area (Å²) in [5, 5.41) is 8.77. The molecule has 0 aliphatic heterocycles. The predicted molar refractivity (Wildman–Crippen MR) is 82.4 cm³/mol. The van der Waals surface area contributed by atoms with Crippen molar-refractivity contribution in [3.05, 3.63) is 29.8 Å². The fourth-order valence-corrected chi connectivity index (χ4v) is 2.23. The van der Waals surface area contributed by atoms with Crippen molar-refractivity contribution in [2.45, 2.75) is 51.9 Å². The van der Waals surface area contributed by atoms with Crippen LogP contribution in [0.15, 0.2) is 24.3 Å². The Bertz CT molecular complexity index is 375. The lowest BCUT2D eigenvalue weighted by Gasteiger charge is -2.19. The second-order valence-corrected chi connectivity index (χ2v) is 5.20. The van der Waals surface area contributed by atoms with Crippen LogP contribution in [0.3, 0.4) is 0 Å². The smallest absolute Gasteiger partial charge is 0.0991 e. The van der Waals surface area contributed by atoms with E-state index in [4.69, 9.17) is 5.26 Å². The summed E-state index contributed by atoms with van der Waals surface area (Å²) in [5.41, 5.74) is 1.93. The number of hydrogen-bond donors (Lipinski definition) is 0. The minimum Gasteiger partial charge on any atom is -0.375 e. The molecule has 2 heteroatoms. The van der Waals surface area contributed by atoms with Crippen molar-refractivity contribution >= 4 is 5.69 Å². The number of nitriles is 1. The quantitative estimate of drug-likeness (QED) is 0.598. The molecule has 0 atom stereocenters. The summed E-state index contributed by atoms with van der Waals surface area (Å²) >= 11 is 0. The lowest BCUT2D eigenvalue weighted by molar-refractivity contribution is 0.588. The molecular formula is C17H26N2. The Morgan fingerprint density at radius 3 is 2.11 bits per heavy atom. The molecule has 0 saturated carbocycles. The zero-order chi connectivity index (χ0) is 13.9. The van der Waals surface area contributed by atoms with Gasteiger partial charge in [-0.15, -0.1) is 0 Å². The van der Waals surface area contributed by atoms with Crippen LogP contribution >= 0.6 is 0 Å². The van der Waals surface area contributed by atoms with Gasteiger partial charge in [-0.1, -0.05) is 45.4 Å². The first kappa shape index (κ1) is 15.6. The fourth-order valence-electron chi connectivity index (χ4n) is 2.23. The van der Waals surface area contributed by atoms with Crippen molar-refractivity contribution < 1.29 is 0 Å². The molecule has 1 rings (SSSR count). The topological polar surface area (TPSA) is 27.0 Å². The molecule has 0 bridgehead atoms. The second-order valence-electron chi connectivity index (χ2n) is 5.20. The molecular weight excluding hydrogens is 232 g/mol. The molecule has 1 aromatic carbocycles. The minimum atomic E-state index is 0.730. The molecule has 104 valence electrons. The molecule has 2 nitrogen and oxygen atoms in total. The predicted octanol–water partition coefficient (Wildman–Crippen LogP) is 4.75. The molecule has 0 radical (unpaired) electrons. The standard InChI is InChI=1S/C17H26N2/c1-3-4-5-6-7-8-9-14-19(2)17-12-10-16(15-18)11-13-17/h10-13H,3-9,14H2,1-2H3.